The largest absolute Gasteiger partial charge is 0.335 e. The van der Waals surface area contributed by atoms with Crippen molar-refractivity contribution in [3.05, 3.63) is 30.1 Å². The van der Waals surface area contributed by atoms with Crippen molar-refractivity contribution in [1.82, 2.24) is 25.8 Å². The summed E-state index contributed by atoms with van der Waals surface area (Å²) >= 11 is 0. The lowest BCUT2D eigenvalue weighted by Crippen LogP contribution is -2.54. The standard InChI is InChI=1S/C18H23N5O3/c24-15-18(22-16(25)21-15)7-3-13(4-8-18)20-17(26)23-11-1-2-14(23)12-5-9-19-10-6-12/h5-6,9-10,13-14H,1-4,7-8,11H2,(H,20,26)(H2,21,22,24,25). The molecule has 3 aliphatic rings. The maximum absolute atomic E-state index is 12.8. The topological polar surface area (TPSA) is 103 Å². The third kappa shape index (κ3) is 3.00. The van der Waals surface area contributed by atoms with Crippen molar-refractivity contribution >= 4 is 18.0 Å². The van der Waals surface area contributed by atoms with E-state index in [2.05, 4.69) is 20.9 Å². The predicted octanol–water partition coefficient (Wildman–Crippen LogP) is 1.45. The van der Waals surface area contributed by atoms with Crippen LogP contribution in [0.4, 0.5) is 9.59 Å². The summed E-state index contributed by atoms with van der Waals surface area (Å²) in [7, 11) is 0. The maximum Gasteiger partial charge on any atom is 0.322 e. The van der Waals surface area contributed by atoms with Gasteiger partial charge >= 0.3 is 12.1 Å². The Kier molecular flexibility index (Phi) is 4.26. The van der Waals surface area contributed by atoms with E-state index in [4.69, 9.17) is 0 Å². The van der Waals surface area contributed by atoms with Gasteiger partial charge in [-0.25, -0.2) is 9.59 Å². The number of pyridine rings is 1. The number of urea groups is 2. The Morgan fingerprint density at radius 1 is 1.19 bits per heavy atom. The highest BCUT2D eigenvalue weighted by Crippen LogP contribution is 2.33. The van der Waals surface area contributed by atoms with Gasteiger partial charge < -0.3 is 15.5 Å². The van der Waals surface area contributed by atoms with Crippen LogP contribution in [-0.2, 0) is 4.79 Å². The quantitative estimate of drug-likeness (QED) is 0.697. The second-order valence-corrected chi connectivity index (χ2v) is 7.35. The van der Waals surface area contributed by atoms with Crippen molar-refractivity contribution in [3.63, 3.8) is 0 Å². The third-order valence-corrected chi connectivity index (χ3v) is 5.79. The number of carbonyl (C=O) groups excluding carboxylic acids is 3. The van der Waals surface area contributed by atoms with Crippen molar-refractivity contribution in [1.29, 1.82) is 0 Å². The van der Waals surface area contributed by atoms with E-state index in [1.54, 1.807) is 12.4 Å². The molecule has 1 spiro atoms. The first-order chi connectivity index (χ1) is 12.6. The molecule has 1 aromatic heterocycles. The minimum Gasteiger partial charge on any atom is -0.335 e. The molecule has 1 unspecified atom stereocenters. The highest BCUT2D eigenvalue weighted by molar-refractivity contribution is 6.07. The van der Waals surface area contributed by atoms with Gasteiger partial charge in [-0.2, -0.15) is 0 Å². The van der Waals surface area contributed by atoms with Gasteiger partial charge in [-0.15, -0.1) is 0 Å². The Balaban J connectivity index is 1.36. The van der Waals surface area contributed by atoms with E-state index in [0.717, 1.165) is 24.9 Å². The molecule has 8 heteroatoms. The van der Waals surface area contributed by atoms with Crippen LogP contribution in [0.25, 0.3) is 0 Å². The number of imide groups is 1. The van der Waals surface area contributed by atoms with Crippen LogP contribution in [0.5, 0.6) is 0 Å². The Hall–Kier alpha value is -2.64. The lowest BCUT2D eigenvalue weighted by molar-refractivity contribution is -0.125. The predicted molar refractivity (Wildman–Crippen MR) is 93.1 cm³/mol. The second-order valence-electron chi connectivity index (χ2n) is 7.35. The summed E-state index contributed by atoms with van der Waals surface area (Å²) in [6, 6.07) is 3.56. The number of aromatic nitrogens is 1. The van der Waals surface area contributed by atoms with E-state index in [-0.39, 0.29) is 24.0 Å². The molecule has 5 amide bonds. The number of hydrogen-bond acceptors (Lipinski definition) is 4. The first-order valence-electron chi connectivity index (χ1n) is 9.18. The van der Waals surface area contributed by atoms with E-state index in [1.165, 1.54) is 0 Å². The monoisotopic (exact) mass is 357 g/mol. The molecule has 4 rings (SSSR count). The minimum atomic E-state index is -0.786. The second kappa shape index (κ2) is 6.59. The van der Waals surface area contributed by atoms with E-state index >= 15 is 0 Å². The van der Waals surface area contributed by atoms with Crippen molar-refractivity contribution in [2.24, 2.45) is 0 Å². The van der Waals surface area contributed by atoms with Gasteiger partial charge in [0.05, 0.1) is 6.04 Å². The first-order valence-corrected chi connectivity index (χ1v) is 9.18. The molecule has 0 bridgehead atoms. The average molecular weight is 357 g/mol. The summed E-state index contributed by atoms with van der Waals surface area (Å²) < 4.78 is 0. The number of carbonyl (C=O) groups is 3. The Morgan fingerprint density at radius 3 is 2.58 bits per heavy atom. The Morgan fingerprint density at radius 2 is 1.92 bits per heavy atom. The first kappa shape index (κ1) is 16.8. The molecule has 138 valence electrons. The van der Waals surface area contributed by atoms with E-state index in [1.807, 2.05) is 17.0 Å². The fourth-order valence-corrected chi connectivity index (χ4v) is 4.33. The van der Waals surface area contributed by atoms with Gasteiger partial charge in [-0.3, -0.25) is 15.1 Å². The van der Waals surface area contributed by atoms with Gasteiger partial charge in [0, 0.05) is 25.0 Å². The molecule has 0 radical (unpaired) electrons. The molecular weight excluding hydrogens is 334 g/mol. The van der Waals surface area contributed by atoms with Crippen molar-refractivity contribution in [3.8, 4) is 0 Å². The number of likely N-dealkylation sites (tertiary alicyclic amines) is 1. The van der Waals surface area contributed by atoms with Crippen LogP contribution < -0.4 is 16.0 Å². The number of rotatable bonds is 2. The van der Waals surface area contributed by atoms with Crippen LogP contribution in [0.15, 0.2) is 24.5 Å². The molecule has 3 fully saturated rings. The number of nitrogens with zero attached hydrogens (tertiary/aromatic N) is 2. The lowest BCUT2D eigenvalue weighted by atomic mass is 9.79. The zero-order valence-corrected chi connectivity index (χ0v) is 14.5. The van der Waals surface area contributed by atoms with Gasteiger partial charge in [-0.1, -0.05) is 0 Å². The molecule has 2 saturated heterocycles. The Bertz CT molecular complexity index is 715. The normalized spacial score (nSPS) is 31.0. The summed E-state index contributed by atoms with van der Waals surface area (Å²) in [6.45, 7) is 0.744. The molecule has 1 aromatic rings. The van der Waals surface area contributed by atoms with Crippen LogP contribution in [0, 0.1) is 0 Å². The highest BCUT2D eigenvalue weighted by Gasteiger charge is 2.48. The molecule has 0 aromatic carbocycles. The van der Waals surface area contributed by atoms with E-state index < -0.39 is 11.6 Å². The third-order valence-electron chi connectivity index (χ3n) is 5.79. The molecule has 1 aliphatic carbocycles. The lowest BCUT2D eigenvalue weighted by Gasteiger charge is -2.36. The minimum absolute atomic E-state index is 0.0251. The van der Waals surface area contributed by atoms with Crippen LogP contribution in [-0.4, -0.2) is 46.0 Å². The van der Waals surface area contributed by atoms with E-state index in [9.17, 15) is 14.4 Å². The molecule has 26 heavy (non-hydrogen) atoms. The van der Waals surface area contributed by atoms with Crippen LogP contribution in [0.2, 0.25) is 0 Å². The van der Waals surface area contributed by atoms with Gasteiger partial charge in [0.1, 0.15) is 5.54 Å². The van der Waals surface area contributed by atoms with Gasteiger partial charge in [0.2, 0.25) is 0 Å². The van der Waals surface area contributed by atoms with Gasteiger partial charge in [0.25, 0.3) is 5.91 Å². The van der Waals surface area contributed by atoms with Gasteiger partial charge in [0.15, 0.2) is 0 Å². The fourth-order valence-electron chi connectivity index (χ4n) is 4.33. The van der Waals surface area contributed by atoms with E-state index in [0.29, 0.717) is 25.7 Å². The van der Waals surface area contributed by atoms with Gasteiger partial charge in [-0.05, 0) is 56.2 Å². The molecule has 8 nitrogen and oxygen atoms in total. The highest BCUT2D eigenvalue weighted by atomic mass is 16.2. The van der Waals surface area contributed by atoms with Crippen molar-refractivity contribution in [2.45, 2.75) is 56.1 Å². The van der Waals surface area contributed by atoms with Crippen LogP contribution >= 0.6 is 0 Å². The van der Waals surface area contributed by atoms with Crippen LogP contribution in [0.1, 0.15) is 50.1 Å². The summed E-state index contributed by atoms with van der Waals surface area (Å²) in [5.41, 5.74) is 0.325. The zero-order chi connectivity index (χ0) is 18.1. The summed E-state index contributed by atoms with van der Waals surface area (Å²) in [5.74, 6) is -0.246. The van der Waals surface area contributed by atoms with Crippen LogP contribution in [0.3, 0.4) is 0 Å². The molecule has 3 N–H and O–H groups in total. The summed E-state index contributed by atoms with van der Waals surface area (Å²) in [4.78, 5) is 42.1. The Labute approximate surface area is 151 Å². The number of hydrogen-bond donors (Lipinski definition) is 3. The molecule has 2 aliphatic heterocycles. The number of nitrogens with one attached hydrogen (secondary N) is 3. The molecular formula is C18H23N5O3. The fraction of sp³-hybridized carbons (Fsp3) is 0.556. The number of amides is 5. The van der Waals surface area contributed by atoms with Crippen molar-refractivity contribution in [2.75, 3.05) is 6.54 Å². The summed E-state index contributed by atoms with van der Waals surface area (Å²) in [6.07, 6.45) is 7.89. The zero-order valence-electron chi connectivity index (χ0n) is 14.5. The molecule has 3 heterocycles. The average Bonchev–Trinajstić information content (AvgIpc) is 3.23. The molecule has 1 atom stereocenters. The summed E-state index contributed by atoms with van der Waals surface area (Å²) in [5, 5.41) is 8.18. The maximum atomic E-state index is 12.8. The SMILES string of the molecule is O=C1NC(=O)C2(CCC(NC(=O)N3CCCC3c3ccncc3)CC2)N1. The smallest absolute Gasteiger partial charge is 0.322 e. The molecule has 1 saturated carbocycles. The van der Waals surface area contributed by atoms with Crippen molar-refractivity contribution < 1.29 is 14.4 Å².